The maximum absolute atomic E-state index is 11.8. The van der Waals surface area contributed by atoms with Gasteiger partial charge in [0.15, 0.2) is 0 Å². The first-order valence-electron chi connectivity index (χ1n) is 6.33. The number of rotatable bonds is 3. The van der Waals surface area contributed by atoms with E-state index in [4.69, 9.17) is 5.11 Å². The smallest absolute Gasteiger partial charge is 0.354 e. The molecule has 1 aromatic heterocycles. The molecule has 0 radical (unpaired) electrons. The van der Waals surface area contributed by atoms with Crippen LogP contribution >= 0.6 is 0 Å². The van der Waals surface area contributed by atoms with E-state index < -0.39 is 5.97 Å². The summed E-state index contributed by atoms with van der Waals surface area (Å²) in [5.74, 6) is -0.589. The Balaban J connectivity index is 1.89. The summed E-state index contributed by atoms with van der Waals surface area (Å²) in [6, 6.07) is 2.82. The van der Waals surface area contributed by atoms with Gasteiger partial charge in [-0.25, -0.2) is 14.6 Å². The van der Waals surface area contributed by atoms with Gasteiger partial charge in [0.25, 0.3) is 0 Å². The standard InChI is InChI=1S/C13H17N3O3/c1-8-3-2-4-10(8)16-13(19)15-9-5-6-11(12(17)18)14-7-9/h5-8,10H,2-4H2,1H3,(H,17,18)(H2,15,16,19). The number of carboxylic acid groups (broad SMARTS) is 1. The average Bonchev–Trinajstić information content (AvgIpc) is 2.75. The molecule has 3 N–H and O–H groups in total. The number of hydrogen-bond acceptors (Lipinski definition) is 3. The molecule has 0 saturated heterocycles. The molecule has 1 saturated carbocycles. The fourth-order valence-electron chi connectivity index (χ4n) is 2.29. The number of nitrogens with zero attached hydrogens (tertiary/aromatic N) is 1. The van der Waals surface area contributed by atoms with Crippen LogP contribution in [0.3, 0.4) is 0 Å². The van der Waals surface area contributed by atoms with Gasteiger partial charge in [0.2, 0.25) is 0 Å². The first kappa shape index (κ1) is 13.3. The molecule has 2 rings (SSSR count). The van der Waals surface area contributed by atoms with E-state index in [-0.39, 0.29) is 17.8 Å². The molecule has 1 aliphatic carbocycles. The molecule has 0 aromatic carbocycles. The molecule has 19 heavy (non-hydrogen) atoms. The molecule has 2 amide bonds. The van der Waals surface area contributed by atoms with Gasteiger partial charge in [-0.3, -0.25) is 0 Å². The van der Waals surface area contributed by atoms with Crippen LogP contribution in [-0.4, -0.2) is 28.1 Å². The minimum atomic E-state index is -1.09. The van der Waals surface area contributed by atoms with Gasteiger partial charge in [-0.05, 0) is 30.9 Å². The van der Waals surface area contributed by atoms with Crippen LogP contribution in [0.25, 0.3) is 0 Å². The maximum Gasteiger partial charge on any atom is 0.354 e. The molecule has 0 spiro atoms. The summed E-state index contributed by atoms with van der Waals surface area (Å²) in [6.45, 7) is 2.13. The van der Waals surface area contributed by atoms with E-state index in [0.717, 1.165) is 19.3 Å². The fraction of sp³-hybridized carbons (Fsp3) is 0.462. The number of carbonyl (C=O) groups is 2. The van der Waals surface area contributed by atoms with Gasteiger partial charge in [0, 0.05) is 6.04 Å². The number of nitrogens with one attached hydrogen (secondary N) is 2. The van der Waals surface area contributed by atoms with Crippen LogP contribution in [0, 0.1) is 5.92 Å². The third kappa shape index (κ3) is 3.43. The molecule has 1 aliphatic rings. The molecule has 1 heterocycles. The van der Waals surface area contributed by atoms with Crippen molar-refractivity contribution >= 4 is 17.7 Å². The number of urea groups is 1. The van der Waals surface area contributed by atoms with Crippen LogP contribution in [0.15, 0.2) is 18.3 Å². The van der Waals surface area contributed by atoms with Gasteiger partial charge < -0.3 is 15.7 Å². The second kappa shape index (κ2) is 5.69. The summed E-state index contributed by atoms with van der Waals surface area (Å²) < 4.78 is 0. The summed E-state index contributed by atoms with van der Waals surface area (Å²) in [5.41, 5.74) is 0.434. The summed E-state index contributed by atoms with van der Waals surface area (Å²) >= 11 is 0. The van der Waals surface area contributed by atoms with Crippen molar-refractivity contribution in [3.63, 3.8) is 0 Å². The van der Waals surface area contributed by atoms with E-state index >= 15 is 0 Å². The minimum Gasteiger partial charge on any atom is -0.477 e. The summed E-state index contributed by atoms with van der Waals surface area (Å²) in [7, 11) is 0. The molecular formula is C13H17N3O3. The van der Waals surface area contributed by atoms with Crippen LogP contribution in [0.2, 0.25) is 0 Å². The highest BCUT2D eigenvalue weighted by molar-refractivity contribution is 5.90. The van der Waals surface area contributed by atoms with E-state index in [0.29, 0.717) is 11.6 Å². The van der Waals surface area contributed by atoms with Crippen LogP contribution in [0.5, 0.6) is 0 Å². The number of amides is 2. The van der Waals surface area contributed by atoms with Gasteiger partial charge in [-0.2, -0.15) is 0 Å². The molecule has 1 fully saturated rings. The highest BCUT2D eigenvalue weighted by Gasteiger charge is 2.24. The van der Waals surface area contributed by atoms with Crippen LogP contribution < -0.4 is 10.6 Å². The Bertz CT molecular complexity index is 473. The predicted octanol–water partition coefficient (Wildman–Crippen LogP) is 2.09. The Morgan fingerprint density at radius 2 is 2.16 bits per heavy atom. The fourth-order valence-corrected chi connectivity index (χ4v) is 2.29. The number of aromatic carboxylic acids is 1. The van der Waals surface area contributed by atoms with E-state index in [9.17, 15) is 9.59 Å². The molecule has 1 aromatic rings. The van der Waals surface area contributed by atoms with Crippen LogP contribution in [0.4, 0.5) is 10.5 Å². The SMILES string of the molecule is CC1CCCC1NC(=O)Nc1ccc(C(=O)O)nc1. The van der Waals surface area contributed by atoms with Crippen molar-refractivity contribution in [3.05, 3.63) is 24.0 Å². The van der Waals surface area contributed by atoms with Crippen molar-refractivity contribution in [1.29, 1.82) is 0 Å². The van der Waals surface area contributed by atoms with E-state index in [1.165, 1.54) is 18.3 Å². The Kier molecular flexibility index (Phi) is 3.99. The van der Waals surface area contributed by atoms with Crippen molar-refractivity contribution in [3.8, 4) is 0 Å². The van der Waals surface area contributed by atoms with Crippen LogP contribution in [0.1, 0.15) is 36.7 Å². The first-order chi connectivity index (χ1) is 9.06. The van der Waals surface area contributed by atoms with Gasteiger partial charge >= 0.3 is 12.0 Å². The largest absolute Gasteiger partial charge is 0.477 e. The predicted molar refractivity (Wildman–Crippen MR) is 70.2 cm³/mol. The number of pyridine rings is 1. The van der Waals surface area contributed by atoms with Gasteiger partial charge in [0.1, 0.15) is 5.69 Å². The van der Waals surface area contributed by atoms with Crippen molar-refractivity contribution < 1.29 is 14.7 Å². The highest BCUT2D eigenvalue weighted by atomic mass is 16.4. The quantitative estimate of drug-likeness (QED) is 0.778. The Morgan fingerprint density at radius 1 is 1.37 bits per heavy atom. The molecule has 2 atom stereocenters. The maximum atomic E-state index is 11.8. The Morgan fingerprint density at radius 3 is 2.68 bits per heavy atom. The monoisotopic (exact) mass is 263 g/mol. The number of carboxylic acids is 1. The average molecular weight is 263 g/mol. The lowest BCUT2D eigenvalue weighted by Crippen LogP contribution is -2.39. The van der Waals surface area contributed by atoms with E-state index in [1.54, 1.807) is 0 Å². The Hall–Kier alpha value is -2.11. The zero-order valence-corrected chi connectivity index (χ0v) is 10.7. The first-order valence-corrected chi connectivity index (χ1v) is 6.33. The Labute approximate surface area is 111 Å². The molecular weight excluding hydrogens is 246 g/mol. The molecule has 2 unspecified atom stereocenters. The lowest BCUT2D eigenvalue weighted by atomic mass is 10.1. The van der Waals surface area contributed by atoms with Crippen molar-refractivity contribution in [2.24, 2.45) is 5.92 Å². The lowest BCUT2D eigenvalue weighted by molar-refractivity contribution is 0.0690. The second-order valence-electron chi connectivity index (χ2n) is 4.85. The molecule has 0 aliphatic heterocycles. The summed E-state index contributed by atoms with van der Waals surface area (Å²) in [4.78, 5) is 26.1. The summed E-state index contributed by atoms with van der Waals surface area (Å²) in [5, 5.41) is 14.3. The molecule has 102 valence electrons. The number of aromatic nitrogens is 1. The van der Waals surface area contributed by atoms with Crippen LogP contribution in [-0.2, 0) is 0 Å². The van der Waals surface area contributed by atoms with Gasteiger partial charge in [0.05, 0.1) is 11.9 Å². The number of anilines is 1. The normalized spacial score (nSPS) is 21.9. The topological polar surface area (TPSA) is 91.3 Å². The third-order valence-electron chi connectivity index (χ3n) is 3.42. The van der Waals surface area contributed by atoms with Gasteiger partial charge in [-0.1, -0.05) is 13.3 Å². The molecule has 6 nitrogen and oxygen atoms in total. The van der Waals surface area contributed by atoms with Gasteiger partial charge in [-0.15, -0.1) is 0 Å². The lowest BCUT2D eigenvalue weighted by Gasteiger charge is -2.17. The number of hydrogen-bond donors (Lipinski definition) is 3. The number of carbonyl (C=O) groups excluding carboxylic acids is 1. The third-order valence-corrected chi connectivity index (χ3v) is 3.42. The highest BCUT2D eigenvalue weighted by Crippen LogP contribution is 2.24. The van der Waals surface area contributed by atoms with Crippen molar-refractivity contribution in [2.45, 2.75) is 32.2 Å². The van der Waals surface area contributed by atoms with Crippen molar-refractivity contribution in [1.82, 2.24) is 10.3 Å². The summed E-state index contributed by atoms with van der Waals surface area (Å²) in [6.07, 6.45) is 4.62. The van der Waals surface area contributed by atoms with E-state index in [2.05, 4.69) is 22.5 Å². The zero-order chi connectivity index (χ0) is 13.8. The molecule has 0 bridgehead atoms. The second-order valence-corrected chi connectivity index (χ2v) is 4.85. The minimum absolute atomic E-state index is 0.0460. The zero-order valence-electron chi connectivity index (χ0n) is 10.7. The van der Waals surface area contributed by atoms with Crippen molar-refractivity contribution in [2.75, 3.05) is 5.32 Å². The molecule has 6 heteroatoms. The van der Waals surface area contributed by atoms with E-state index in [1.807, 2.05) is 0 Å².